The zero-order valence-electron chi connectivity index (χ0n) is 15.4. The van der Waals surface area contributed by atoms with Gasteiger partial charge in [-0.05, 0) is 38.9 Å². The van der Waals surface area contributed by atoms with Crippen molar-refractivity contribution in [3.63, 3.8) is 0 Å². The fraction of sp³-hybridized carbons (Fsp3) is 0.526. The molecule has 2 saturated heterocycles. The number of rotatable bonds is 4. The Morgan fingerprint density at radius 3 is 3.04 bits per heavy atom. The third-order valence-electron chi connectivity index (χ3n) is 5.51. The van der Waals surface area contributed by atoms with Gasteiger partial charge in [-0.3, -0.25) is 4.79 Å². The van der Waals surface area contributed by atoms with Crippen molar-refractivity contribution < 1.29 is 4.79 Å². The lowest BCUT2D eigenvalue weighted by atomic mass is 9.92. The molecule has 0 aliphatic carbocycles. The molecule has 2 aliphatic heterocycles. The summed E-state index contributed by atoms with van der Waals surface area (Å²) in [4.78, 5) is 31.0. The standard InChI is InChI=1S/C19H26N6O/c1-23(2)9-3-4-17(26)24-10-6-14-7-11-25(16(14)12-24)19-15-5-8-20-18(15)21-13-22-19/h3-5,8,13-14,16H,6-7,9-12H2,1-2H3,(H,20,21,22)/t14-,16-/m1/s1. The van der Waals surface area contributed by atoms with Gasteiger partial charge >= 0.3 is 0 Å². The van der Waals surface area contributed by atoms with Crippen LogP contribution in [0.4, 0.5) is 5.82 Å². The van der Waals surface area contributed by atoms with E-state index in [4.69, 9.17) is 0 Å². The first-order valence-electron chi connectivity index (χ1n) is 9.28. The lowest BCUT2D eigenvalue weighted by molar-refractivity contribution is -0.127. The Kier molecular flexibility index (Phi) is 4.63. The van der Waals surface area contributed by atoms with Crippen LogP contribution >= 0.6 is 0 Å². The van der Waals surface area contributed by atoms with Gasteiger partial charge in [0.2, 0.25) is 5.91 Å². The monoisotopic (exact) mass is 354 g/mol. The van der Waals surface area contributed by atoms with Crippen LogP contribution in [0.2, 0.25) is 0 Å². The summed E-state index contributed by atoms with van der Waals surface area (Å²) in [6, 6.07) is 2.37. The summed E-state index contributed by atoms with van der Waals surface area (Å²) >= 11 is 0. The number of aromatic amines is 1. The van der Waals surface area contributed by atoms with Gasteiger partial charge in [0.1, 0.15) is 17.8 Å². The van der Waals surface area contributed by atoms with Crippen molar-refractivity contribution in [2.75, 3.05) is 45.2 Å². The number of piperidine rings is 1. The van der Waals surface area contributed by atoms with E-state index < -0.39 is 0 Å². The molecule has 2 atom stereocenters. The van der Waals surface area contributed by atoms with E-state index in [-0.39, 0.29) is 5.91 Å². The predicted octanol–water partition coefficient (Wildman–Crippen LogP) is 1.50. The number of amides is 1. The lowest BCUT2D eigenvalue weighted by Crippen LogP contribution is -2.50. The molecule has 0 unspecified atom stereocenters. The van der Waals surface area contributed by atoms with E-state index in [1.807, 2.05) is 42.2 Å². The highest BCUT2D eigenvalue weighted by molar-refractivity contribution is 5.89. The number of carbonyl (C=O) groups is 1. The van der Waals surface area contributed by atoms with Gasteiger partial charge in [-0.25, -0.2) is 9.97 Å². The minimum absolute atomic E-state index is 0.117. The van der Waals surface area contributed by atoms with Gasteiger partial charge in [-0.2, -0.15) is 0 Å². The number of nitrogens with one attached hydrogen (secondary N) is 1. The van der Waals surface area contributed by atoms with Crippen LogP contribution in [0.1, 0.15) is 12.8 Å². The first-order chi connectivity index (χ1) is 12.6. The summed E-state index contributed by atoms with van der Waals surface area (Å²) < 4.78 is 0. The molecule has 0 radical (unpaired) electrons. The molecule has 7 heteroatoms. The normalized spacial score (nSPS) is 23.3. The summed E-state index contributed by atoms with van der Waals surface area (Å²) in [7, 11) is 4.00. The Morgan fingerprint density at radius 2 is 2.19 bits per heavy atom. The molecular weight excluding hydrogens is 328 g/mol. The smallest absolute Gasteiger partial charge is 0.246 e. The number of anilines is 1. The van der Waals surface area contributed by atoms with Crippen molar-refractivity contribution in [3.05, 3.63) is 30.7 Å². The third-order valence-corrected chi connectivity index (χ3v) is 5.51. The highest BCUT2D eigenvalue weighted by atomic mass is 16.2. The van der Waals surface area contributed by atoms with Gasteiger partial charge in [0.05, 0.1) is 11.4 Å². The van der Waals surface area contributed by atoms with Gasteiger partial charge in [-0.1, -0.05) is 6.08 Å². The van der Waals surface area contributed by atoms with Crippen molar-refractivity contribution in [1.29, 1.82) is 0 Å². The number of fused-ring (bicyclic) bond motifs is 2. The molecule has 4 heterocycles. The summed E-state index contributed by atoms with van der Waals surface area (Å²) in [5.74, 6) is 1.74. The first kappa shape index (κ1) is 17.0. The maximum Gasteiger partial charge on any atom is 0.246 e. The van der Waals surface area contributed by atoms with Crippen LogP contribution in [0.3, 0.4) is 0 Å². The van der Waals surface area contributed by atoms with E-state index in [1.165, 1.54) is 6.42 Å². The number of likely N-dealkylation sites (N-methyl/N-ethyl adjacent to an activating group) is 1. The molecule has 1 N–H and O–H groups in total. The second-order valence-electron chi connectivity index (χ2n) is 7.48. The summed E-state index contributed by atoms with van der Waals surface area (Å²) in [5.41, 5.74) is 0.869. The van der Waals surface area contributed by atoms with Crippen LogP contribution < -0.4 is 4.90 Å². The van der Waals surface area contributed by atoms with Crippen molar-refractivity contribution in [3.8, 4) is 0 Å². The van der Waals surface area contributed by atoms with E-state index in [9.17, 15) is 4.79 Å². The Morgan fingerprint density at radius 1 is 1.35 bits per heavy atom. The Bertz CT molecular complexity index is 813. The average molecular weight is 354 g/mol. The molecule has 4 rings (SSSR count). The van der Waals surface area contributed by atoms with Crippen molar-refractivity contribution in [2.24, 2.45) is 5.92 Å². The molecule has 2 aliphatic rings. The quantitative estimate of drug-likeness (QED) is 0.843. The minimum Gasteiger partial charge on any atom is -0.351 e. The molecular formula is C19H26N6O. The maximum atomic E-state index is 12.6. The minimum atomic E-state index is 0.117. The molecule has 26 heavy (non-hydrogen) atoms. The van der Waals surface area contributed by atoms with Crippen LogP contribution in [0, 0.1) is 5.92 Å². The van der Waals surface area contributed by atoms with Crippen LogP contribution in [0.15, 0.2) is 30.7 Å². The Hall–Kier alpha value is -2.41. The van der Waals surface area contributed by atoms with Gasteiger partial charge in [0.25, 0.3) is 0 Å². The molecule has 2 fully saturated rings. The number of H-pyrrole nitrogens is 1. The Balaban J connectivity index is 1.51. The number of hydrogen-bond donors (Lipinski definition) is 1. The van der Waals surface area contributed by atoms with E-state index >= 15 is 0 Å². The molecule has 2 aromatic heterocycles. The molecule has 1 amide bonds. The molecule has 0 saturated carbocycles. The zero-order valence-corrected chi connectivity index (χ0v) is 15.4. The molecule has 2 aromatic rings. The maximum absolute atomic E-state index is 12.6. The second kappa shape index (κ2) is 7.07. The summed E-state index contributed by atoms with van der Waals surface area (Å²) in [6.45, 7) is 3.39. The lowest BCUT2D eigenvalue weighted by Gasteiger charge is -2.38. The van der Waals surface area contributed by atoms with Crippen molar-refractivity contribution in [1.82, 2.24) is 24.8 Å². The van der Waals surface area contributed by atoms with Gasteiger partial charge in [0.15, 0.2) is 0 Å². The highest BCUT2D eigenvalue weighted by Gasteiger charge is 2.40. The van der Waals surface area contributed by atoms with Crippen LogP contribution in [0.5, 0.6) is 0 Å². The van der Waals surface area contributed by atoms with E-state index in [0.717, 1.165) is 49.5 Å². The molecule has 7 nitrogen and oxygen atoms in total. The average Bonchev–Trinajstić information content (AvgIpc) is 3.27. The fourth-order valence-corrected chi connectivity index (χ4v) is 4.16. The van der Waals surface area contributed by atoms with Crippen LogP contribution in [-0.4, -0.2) is 77.0 Å². The zero-order chi connectivity index (χ0) is 18.1. The highest BCUT2D eigenvalue weighted by Crippen LogP contribution is 2.36. The van der Waals surface area contributed by atoms with Gasteiger partial charge in [0, 0.05) is 38.5 Å². The fourth-order valence-electron chi connectivity index (χ4n) is 4.16. The third kappa shape index (κ3) is 3.19. The van der Waals surface area contributed by atoms with Crippen molar-refractivity contribution >= 4 is 22.8 Å². The Labute approximate surface area is 153 Å². The largest absolute Gasteiger partial charge is 0.351 e. The predicted molar refractivity (Wildman–Crippen MR) is 102 cm³/mol. The number of aromatic nitrogens is 3. The number of nitrogens with zero attached hydrogens (tertiary/aromatic N) is 5. The van der Waals surface area contributed by atoms with Crippen LogP contribution in [-0.2, 0) is 4.79 Å². The molecule has 0 spiro atoms. The number of likely N-dealkylation sites (tertiary alicyclic amines) is 1. The second-order valence-corrected chi connectivity index (χ2v) is 7.48. The molecule has 138 valence electrons. The van der Waals surface area contributed by atoms with E-state index in [0.29, 0.717) is 12.0 Å². The molecule has 0 aromatic carbocycles. The number of carbonyl (C=O) groups excluding carboxylic acids is 1. The summed E-state index contributed by atoms with van der Waals surface area (Å²) in [6.07, 6.45) is 9.41. The number of hydrogen-bond acceptors (Lipinski definition) is 5. The SMILES string of the molecule is CN(C)CC=CC(=O)N1CC[C@@H]2CCN(c3ncnc4[nH]ccc34)[C@@H]2C1. The van der Waals surface area contributed by atoms with E-state index in [1.54, 1.807) is 12.4 Å². The molecule has 0 bridgehead atoms. The van der Waals surface area contributed by atoms with Gasteiger partial charge in [-0.15, -0.1) is 0 Å². The van der Waals surface area contributed by atoms with Crippen molar-refractivity contribution in [2.45, 2.75) is 18.9 Å². The summed E-state index contributed by atoms with van der Waals surface area (Å²) in [5, 5.41) is 1.06. The van der Waals surface area contributed by atoms with Crippen LogP contribution in [0.25, 0.3) is 11.0 Å². The van der Waals surface area contributed by atoms with Gasteiger partial charge < -0.3 is 19.7 Å². The first-order valence-corrected chi connectivity index (χ1v) is 9.28. The van der Waals surface area contributed by atoms with E-state index in [2.05, 4.69) is 19.9 Å². The topological polar surface area (TPSA) is 68.4 Å².